The zero-order valence-corrected chi connectivity index (χ0v) is 19.2. The lowest BCUT2D eigenvalue weighted by Gasteiger charge is -2.31. The third-order valence-electron chi connectivity index (χ3n) is 6.43. The molecule has 1 amide bonds. The van der Waals surface area contributed by atoms with Crippen molar-refractivity contribution in [1.29, 1.82) is 0 Å². The third-order valence-corrected chi connectivity index (χ3v) is 8.31. The fraction of sp³-hybridized carbons (Fsp3) is 0.458. The molecule has 1 N–H and O–H groups in total. The van der Waals surface area contributed by atoms with Crippen LogP contribution in [0.25, 0.3) is 0 Å². The largest absolute Gasteiger partial charge is 0.368 e. The minimum absolute atomic E-state index is 0.0555. The zero-order chi connectivity index (χ0) is 22.7. The number of hydrogen-bond donors (Lipinski definition) is 1. The fourth-order valence-electron chi connectivity index (χ4n) is 4.71. The van der Waals surface area contributed by atoms with Gasteiger partial charge in [0.1, 0.15) is 5.82 Å². The molecular formula is C24H30FN3O3S. The van der Waals surface area contributed by atoms with Gasteiger partial charge in [-0.15, -0.1) is 0 Å². The molecule has 2 aromatic carbocycles. The molecule has 0 saturated carbocycles. The Bertz CT molecular complexity index is 1060. The topological polar surface area (TPSA) is 69.7 Å². The van der Waals surface area contributed by atoms with Gasteiger partial charge in [-0.05, 0) is 68.5 Å². The normalized spacial score (nSPS) is 21.4. The monoisotopic (exact) mass is 459 g/mol. The summed E-state index contributed by atoms with van der Waals surface area (Å²) in [6.07, 6.45) is 3.16. The number of carbonyl (C=O) groups excluding carboxylic acids is 1. The summed E-state index contributed by atoms with van der Waals surface area (Å²) in [5, 5.41) is 3.00. The van der Waals surface area contributed by atoms with Crippen LogP contribution < -0.4 is 10.2 Å². The molecule has 0 aromatic heterocycles. The molecule has 0 radical (unpaired) electrons. The van der Waals surface area contributed by atoms with Crippen LogP contribution in [0, 0.1) is 11.7 Å². The molecule has 6 nitrogen and oxygen atoms in total. The van der Waals surface area contributed by atoms with Crippen LogP contribution in [0.3, 0.4) is 0 Å². The predicted molar refractivity (Wildman–Crippen MR) is 122 cm³/mol. The van der Waals surface area contributed by atoms with Gasteiger partial charge in [0.15, 0.2) is 0 Å². The molecule has 1 saturated heterocycles. The van der Waals surface area contributed by atoms with Crippen molar-refractivity contribution in [3.8, 4) is 0 Å². The average molecular weight is 460 g/mol. The number of fused-ring (bicyclic) bond motifs is 1. The first-order valence-corrected chi connectivity index (χ1v) is 12.7. The summed E-state index contributed by atoms with van der Waals surface area (Å²) in [6, 6.07) is 13.7. The third kappa shape index (κ3) is 4.81. The zero-order valence-electron chi connectivity index (χ0n) is 18.3. The SMILES string of the molecule is C[C@@H]1Cc2ccccc2N1CCCNC(=O)[C@@H]1CCCN(S(=O)(=O)c2ccc(F)cc2)C1. The van der Waals surface area contributed by atoms with Gasteiger partial charge in [0.2, 0.25) is 15.9 Å². The Morgan fingerprint density at radius 3 is 2.69 bits per heavy atom. The minimum atomic E-state index is -3.74. The van der Waals surface area contributed by atoms with E-state index in [2.05, 4.69) is 41.4 Å². The van der Waals surface area contributed by atoms with Gasteiger partial charge in [-0.2, -0.15) is 4.31 Å². The molecule has 0 unspecified atom stereocenters. The van der Waals surface area contributed by atoms with Crippen LogP contribution in [-0.2, 0) is 21.2 Å². The van der Waals surface area contributed by atoms with Gasteiger partial charge >= 0.3 is 0 Å². The summed E-state index contributed by atoms with van der Waals surface area (Å²) in [7, 11) is -3.74. The number of piperidine rings is 1. The number of halogens is 1. The van der Waals surface area contributed by atoms with Gasteiger partial charge < -0.3 is 10.2 Å². The van der Waals surface area contributed by atoms with Crippen LogP contribution in [-0.4, -0.2) is 50.9 Å². The number of rotatable bonds is 7. The van der Waals surface area contributed by atoms with E-state index in [0.29, 0.717) is 32.0 Å². The second-order valence-corrected chi connectivity index (χ2v) is 10.6. The average Bonchev–Trinajstić information content (AvgIpc) is 3.12. The summed E-state index contributed by atoms with van der Waals surface area (Å²) < 4.78 is 40.2. The van der Waals surface area contributed by atoms with Gasteiger partial charge in [0.25, 0.3) is 0 Å². The maximum atomic E-state index is 13.2. The molecule has 0 spiro atoms. The predicted octanol–water partition coefficient (Wildman–Crippen LogP) is 3.18. The van der Waals surface area contributed by atoms with Gasteiger partial charge in [0, 0.05) is 37.9 Å². The molecule has 2 aromatic rings. The lowest BCUT2D eigenvalue weighted by atomic mass is 9.99. The van der Waals surface area contributed by atoms with E-state index in [1.807, 2.05) is 0 Å². The van der Waals surface area contributed by atoms with E-state index in [0.717, 1.165) is 31.5 Å². The molecule has 0 aliphatic carbocycles. The number of hydrogen-bond acceptors (Lipinski definition) is 4. The van der Waals surface area contributed by atoms with Gasteiger partial charge in [0.05, 0.1) is 10.8 Å². The molecule has 0 bridgehead atoms. The highest BCUT2D eigenvalue weighted by Crippen LogP contribution is 2.31. The Morgan fingerprint density at radius 2 is 1.91 bits per heavy atom. The Balaban J connectivity index is 1.28. The summed E-state index contributed by atoms with van der Waals surface area (Å²) in [5.41, 5.74) is 2.65. The summed E-state index contributed by atoms with van der Waals surface area (Å²) in [5.74, 6) is -0.948. The molecule has 4 rings (SSSR count). The quantitative estimate of drug-likeness (QED) is 0.646. The van der Waals surface area contributed by atoms with Gasteiger partial charge in [-0.1, -0.05) is 18.2 Å². The van der Waals surface area contributed by atoms with Crippen LogP contribution in [0.5, 0.6) is 0 Å². The Morgan fingerprint density at radius 1 is 1.16 bits per heavy atom. The highest BCUT2D eigenvalue weighted by atomic mass is 32.2. The lowest BCUT2D eigenvalue weighted by molar-refractivity contribution is -0.126. The van der Waals surface area contributed by atoms with E-state index in [1.54, 1.807) is 0 Å². The smallest absolute Gasteiger partial charge is 0.243 e. The van der Waals surface area contributed by atoms with Crippen LogP contribution in [0.1, 0.15) is 31.7 Å². The highest BCUT2D eigenvalue weighted by molar-refractivity contribution is 7.89. The summed E-state index contributed by atoms with van der Waals surface area (Å²) in [4.78, 5) is 15.2. The van der Waals surface area contributed by atoms with E-state index < -0.39 is 15.8 Å². The van der Waals surface area contributed by atoms with Crippen molar-refractivity contribution < 1.29 is 17.6 Å². The number of carbonyl (C=O) groups is 1. The standard InChI is InChI=1S/C24H30FN3O3S/c1-18-16-19-6-2-3-8-23(19)28(18)15-5-13-26-24(29)20-7-4-14-27(17-20)32(30,31)22-11-9-21(25)10-12-22/h2-3,6,8-12,18,20H,4-5,7,13-17H2,1H3,(H,26,29)/t18-,20-/m1/s1. The van der Waals surface area contributed by atoms with Crippen molar-refractivity contribution in [2.24, 2.45) is 5.92 Å². The van der Waals surface area contributed by atoms with Crippen molar-refractivity contribution in [1.82, 2.24) is 9.62 Å². The molecule has 2 heterocycles. The maximum absolute atomic E-state index is 13.2. The lowest BCUT2D eigenvalue weighted by Crippen LogP contribution is -2.45. The van der Waals surface area contributed by atoms with E-state index >= 15 is 0 Å². The number of para-hydroxylation sites is 1. The van der Waals surface area contributed by atoms with Crippen molar-refractivity contribution in [2.75, 3.05) is 31.1 Å². The first-order chi connectivity index (χ1) is 15.4. The molecule has 2 atom stereocenters. The number of sulfonamides is 1. The van der Waals surface area contributed by atoms with Crippen LogP contribution in [0.2, 0.25) is 0 Å². The molecular weight excluding hydrogens is 429 g/mol. The molecule has 8 heteroatoms. The Labute approximate surface area is 189 Å². The van der Waals surface area contributed by atoms with Crippen LogP contribution >= 0.6 is 0 Å². The van der Waals surface area contributed by atoms with Crippen molar-refractivity contribution >= 4 is 21.6 Å². The molecule has 172 valence electrons. The minimum Gasteiger partial charge on any atom is -0.368 e. The second kappa shape index (κ2) is 9.58. The van der Waals surface area contributed by atoms with Crippen LogP contribution in [0.15, 0.2) is 53.4 Å². The van der Waals surface area contributed by atoms with E-state index in [4.69, 9.17) is 0 Å². The van der Waals surface area contributed by atoms with Gasteiger partial charge in [-0.3, -0.25) is 4.79 Å². The Kier molecular flexibility index (Phi) is 6.81. The van der Waals surface area contributed by atoms with Crippen molar-refractivity contribution in [3.05, 3.63) is 59.9 Å². The number of benzene rings is 2. The first kappa shape index (κ1) is 22.7. The first-order valence-electron chi connectivity index (χ1n) is 11.2. The molecule has 2 aliphatic heterocycles. The maximum Gasteiger partial charge on any atom is 0.243 e. The highest BCUT2D eigenvalue weighted by Gasteiger charge is 2.33. The van der Waals surface area contributed by atoms with E-state index in [9.17, 15) is 17.6 Å². The Hall–Kier alpha value is -2.45. The molecule has 1 fully saturated rings. The van der Waals surface area contributed by atoms with E-state index in [-0.39, 0.29) is 23.3 Å². The number of amides is 1. The molecule has 32 heavy (non-hydrogen) atoms. The van der Waals surface area contributed by atoms with Crippen molar-refractivity contribution in [2.45, 2.75) is 43.5 Å². The van der Waals surface area contributed by atoms with Crippen molar-refractivity contribution in [3.63, 3.8) is 0 Å². The van der Waals surface area contributed by atoms with E-state index in [1.165, 1.54) is 27.7 Å². The van der Waals surface area contributed by atoms with Gasteiger partial charge in [-0.25, -0.2) is 12.8 Å². The number of nitrogens with zero attached hydrogens (tertiary/aromatic N) is 2. The fourth-order valence-corrected chi connectivity index (χ4v) is 6.23. The number of anilines is 1. The van der Waals surface area contributed by atoms with Crippen LogP contribution in [0.4, 0.5) is 10.1 Å². The summed E-state index contributed by atoms with van der Waals surface area (Å²) >= 11 is 0. The summed E-state index contributed by atoms with van der Waals surface area (Å²) in [6.45, 7) is 4.17. The number of nitrogens with one attached hydrogen (secondary N) is 1. The second-order valence-electron chi connectivity index (χ2n) is 8.68. The molecule has 2 aliphatic rings.